The van der Waals surface area contributed by atoms with Crippen molar-refractivity contribution >= 4 is 5.97 Å². The molecule has 0 N–H and O–H groups in total. The normalized spacial score (nSPS) is 19.2. The highest BCUT2D eigenvalue weighted by molar-refractivity contribution is 5.72. The molecule has 0 bridgehead atoms. The summed E-state index contributed by atoms with van der Waals surface area (Å²) in [6.07, 6.45) is -0.735. The van der Waals surface area contributed by atoms with Gasteiger partial charge in [-0.3, -0.25) is 9.69 Å². The Morgan fingerprint density at radius 1 is 1.11 bits per heavy atom. The molecular formula is C28H34F3NO4. The van der Waals surface area contributed by atoms with Gasteiger partial charge in [-0.1, -0.05) is 36.8 Å². The number of hydrogen-bond donors (Lipinski definition) is 0. The van der Waals surface area contributed by atoms with Gasteiger partial charge in [0.05, 0.1) is 13.0 Å². The summed E-state index contributed by atoms with van der Waals surface area (Å²) in [7, 11) is 1.40. The van der Waals surface area contributed by atoms with E-state index in [1.54, 1.807) is 12.1 Å². The molecule has 1 saturated heterocycles. The summed E-state index contributed by atoms with van der Waals surface area (Å²) in [5, 5.41) is 0. The van der Waals surface area contributed by atoms with Crippen molar-refractivity contribution in [2.24, 2.45) is 5.92 Å². The van der Waals surface area contributed by atoms with Gasteiger partial charge in [-0.15, -0.1) is 13.2 Å². The molecule has 0 saturated carbocycles. The van der Waals surface area contributed by atoms with Gasteiger partial charge in [-0.05, 0) is 69.2 Å². The van der Waals surface area contributed by atoms with Crippen molar-refractivity contribution in [3.63, 3.8) is 0 Å². The number of hydrogen-bond acceptors (Lipinski definition) is 5. The Labute approximate surface area is 210 Å². The summed E-state index contributed by atoms with van der Waals surface area (Å²) in [5.41, 5.74) is 3.35. The van der Waals surface area contributed by atoms with E-state index in [0.717, 1.165) is 55.6 Å². The van der Waals surface area contributed by atoms with Crippen LogP contribution < -0.4 is 9.47 Å². The molecule has 2 aromatic carbocycles. The van der Waals surface area contributed by atoms with Crippen LogP contribution in [0.25, 0.3) is 0 Å². The van der Waals surface area contributed by atoms with Gasteiger partial charge < -0.3 is 14.2 Å². The van der Waals surface area contributed by atoms with Crippen LogP contribution in [-0.2, 0) is 22.4 Å². The Balaban J connectivity index is 1.44. The van der Waals surface area contributed by atoms with E-state index in [-0.39, 0.29) is 29.3 Å². The molecule has 2 aliphatic rings. The number of carbonyl (C=O) groups is 1. The fraction of sp³-hybridized carbons (Fsp3) is 0.536. The summed E-state index contributed by atoms with van der Waals surface area (Å²) < 4.78 is 54.7. The fourth-order valence-electron chi connectivity index (χ4n) is 5.39. The first-order valence-corrected chi connectivity index (χ1v) is 12.5. The summed E-state index contributed by atoms with van der Waals surface area (Å²) in [4.78, 5) is 14.0. The van der Waals surface area contributed by atoms with E-state index in [1.165, 1.54) is 18.7 Å². The predicted octanol–water partition coefficient (Wildman–Crippen LogP) is 6.17. The lowest BCUT2D eigenvalue weighted by atomic mass is 9.82. The molecule has 36 heavy (non-hydrogen) atoms. The summed E-state index contributed by atoms with van der Waals surface area (Å²) >= 11 is 0. The van der Waals surface area contributed by atoms with E-state index >= 15 is 0 Å². The van der Waals surface area contributed by atoms with Crippen LogP contribution in [0, 0.1) is 12.8 Å². The number of methoxy groups -OCH3 is 1. The number of nitrogens with zero attached hydrogens (tertiary/aromatic N) is 1. The van der Waals surface area contributed by atoms with Gasteiger partial charge in [0.2, 0.25) is 0 Å². The minimum Gasteiger partial charge on any atom is -0.487 e. The van der Waals surface area contributed by atoms with Crippen molar-refractivity contribution < 1.29 is 32.2 Å². The van der Waals surface area contributed by atoms with Gasteiger partial charge in [0.25, 0.3) is 0 Å². The minimum atomic E-state index is -4.73. The topological polar surface area (TPSA) is 48.0 Å². The first-order chi connectivity index (χ1) is 17.0. The third-order valence-electron chi connectivity index (χ3n) is 7.55. The zero-order valence-electron chi connectivity index (χ0n) is 21.3. The van der Waals surface area contributed by atoms with Crippen LogP contribution >= 0.6 is 0 Å². The third-order valence-corrected chi connectivity index (χ3v) is 7.55. The molecule has 8 heteroatoms. The number of ether oxygens (including phenoxy) is 3. The van der Waals surface area contributed by atoms with Crippen molar-refractivity contribution in [2.75, 3.05) is 20.2 Å². The predicted molar refractivity (Wildman–Crippen MR) is 130 cm³/mol. The van der Waals surface area contributed by atoms with E-state index in [0.29, 0.717) is 12.0 Å². The van der Waals surface area contributed by atoms with Crippen LogP contribution in [0.3, 0.4) is 0 Å². The van der Waals surface area contributed by atoms with Gasteiger partial charge in [-0.25, -0.2) is 0 Å². The molecule has 1 fully saturated rings. The number of carbonyl (C=O) groups excluding carboxylic acids is 1. The molecular weight excluding hydrogens is 471 g/mol. The molecule has 2 atom stereocenters. The maximum Gasteiger partial charge on any atom is 0.573 e. The molecule has 196 valence electrons. The zero-order valence-corrected chi connectivity index (χ0v) is 21.3. The van der Waals surface area contributed by atoms with Crippen LogP contribution in [-0.4, -0.2) is 43.0 Å². The molecule has 2 unspecified atom stereocenters. The molecule has 0 radical (unpaired) electrons. The quantitative estimate of drug-likeness (QED) is 0.440. The molecule has 0 aliphatic carbocycles. The van der Waals surface area contributed by atoms with E-state index in [4.69, 9.17) is 9.47 Å². The lowest BCUT2D eigenvalue weighted by Crippen LogP contribution is -2.50. The number of rotatable bonds is 6. The smallest absolute Gasteiger partial charge is 0.487 e. The summed E-state index contributed by atoms with van der Waals surface area (Å²) in [5.74, 6) is 0.265. The van der Waals surface area contributed by atoms with E-state index in [9.17, 15) is 18.0 Å². The average molecular weight is 506 g/mol. The van der Waals surface area contributed by atoms with Gasteiger partial charge >= 0.3 is 12.3 Å². The number of alkyl halides is 3. The second kappa shape index (κ2) is 10.3. The Bertz CT molecular complexity index is 1090. The number of aryl methyl sites for hydroxylation is 2. The Morgan fingerprint density at radius 3 is 2.50 bits per heavy atom. The summed E-state index contributed by atoms with van der Waals surface area (Å²) in [6.45, 7) is 7.09. The number of esters is 1. The SMILES string of the molecule is COC(=O)C(C)Cc1ccc2c(c1)OC1(CC2)CCN(C(C)c2cc(C)ccc2OC(F)(F)F)CC1. The maximum atomic E-state index is 13.0. The minimum absolute atomic E-state index is 0.141. The number of piperidine rings is 1. The van der Waals surface area contributed by atoms with Crippen LogP contribution in [0.1, 0.15) is 61.4 Å². The van der Waals surface area contributed by atoms with Crippen molar-refractivity contribution in [3.05, 3.63) is 58.7 Å². The monoisotopic (exact) mass is 505 g/mol. The number of fused-ring (bicyclic) bond motifs is 1. The number of likely N-dealkylation sites (tertiary alicyclic amines) is 1. The first-order valence-electron chi connectivity index (χ1n) is 12.5. The highest BCUT2D eigenvalue weighted by Crippen LogP contribution is 2.42. The van der Waals surface area contributed by atoms with Crippen LogP contribution in [0.15, 0.2) is 36.4 Å². The molecule has 1 spiro atoms. The van der Waals surface area contributed by atoms with Crippen molar-refractivity contribution in [1.29, 1.82) is 0 Å². The molecule has 4 rings (SSSR count). The Kier molecular flexibility index (Phi) is 7.55. The van der Waals surface area contributed by atoms with Gasteiger partial charge in [-0.2, -0.15) is 0 Å². The highest BCUT2D eigenvalue weighted by Gasteiger charge is 2.41. The number of halogens is 3. The van der Waals surface area contributed by atoms with Gasteiger partial charge in [0.1, 0.15) is 17.1 Å². The molecule has 5 nitrogen and oxygen atoms in total. The van der Waals surface area contributed by atoms with Gasteiger partial charge in [0, 0.05) is 24.7 Å². The van der Waals surface area contributed by atoms with Crippen molar-refractivity contribution in [2.45, 2.75) is 70.9 Å². The van der Waals surface area contributed by atoms with Crippen LogP contribution in [0.5, 0.6) is 11.5 Å². The molecule has 0 aromatic heterocycles. The van der Waals surface area contributed by atoms with E-state index < -0.39 is 6.36 Å². The number of benzene rings is 2. The van der Waals surface area contributed by atoms with E-state index in [1.807, 2.05) is 32.9 Å². The van der Waals surface area contributed by atoms with Crippen molar-refractivity contribution in [1.82, 2.24) is 4.90 Å². The lowest BCUT2D eigenvalue weighted by Gasteiger charge is -2.46. The van der Waals surface area contributed by atoms with Crippen LogP contribution in [0.2, 0.25) is 0 Å². The average Bonchev–Trinajstić information content (AvgIpc) is 2.83. The molecule has 2 aliphatic heterocycles. The summed E-state index contributed by atoms with van der Waals surface area (Å²) in [6, 6.07) is 10.8. The Morgan fingerprint density at radius 2 is 1.83 bits per heavy atom. The maximum absolute atomic E-state index is 13.0. The zero-order chi connectivity index (χ0) is 26.1. The van der Waals surface area contributed by atoms with E-state index in [2.05, 4.69) is 15.7 Å². The lowest BCUT2D eigenvalue weighted by molar-refractivity contribution is -0.275. The molecule has 0 amide bonds. The highest BCUT2D eigenvalue weighted by atomic mass is 19.4. The molecule has 2 aromatic rings. The third kappa shape index (κ3) is 5.97. The standard InChI is InChI=1S/C28H34F3NO4/c1-18-5-8-24(36-28(29,30)31)23(15-18)20(3)32-13-11-27(12-14-32)10-9-22-7-6-21(17-25(22)35-27)16-19(2)26(33)34-4/h5-8,15,17,19-20H,9-14,16H2,1-4H3. The molecule has 2 heterocycles. The Hall–Kier alpha value is -2.74. The van der Waals surface area contributed by atoms with Crippen LogP contribution in [0.4, 0.5) is 13.2 Å². The van der Waals surface area contributed by atoms with Crippen molar-refractivity contribution in [3.8, 4) is 11.5 Å². The largest absolute Gasteiger partial charge is 0.573 e. The van der Waals surface area contributed by atoms with Gasteiger partial charge in [0.15, 0.2) is 0 Å². The second-order valence-electron chi connectivity index (χ2n) is 10.2. The second-order valence-corrected chi connectivity index (χ2v) is 10.2. The first kappa shape index (κ1) is 26.3. The fourth-order valence-corrected chi connectivity index (χ4v) is 5.39.